The van der Waals surface area contributed by atoms with Gasteiger partial charge >= 0.3 is 6.03 Å². The summed E-state index contributed by atoms with van der Waals surface area (Å²) in [4.78, 5) is 24.0. The van der Waals surface area contributed by atoms with Crippen molar-refractivity contribution in [3.63, 3.8) is 0 Å². The fraction of sp³-hybridized carbons (Fsp3) is 0.300. The van der Waals surface area contributed by atoms with Crippen LogP contribution in [0.15, 0.2) is 53.4 Å². The summed E-state index contributed by atoms with van der Waals surface area (Å²) in [6.07, 6.45) is 0. The van der Waals surface area contributed by atoms with Crippen molar-refractivity contribution in [2.24, 2.45) is 5.73 Å². The zero-order valence-electron chi connectivity index (χ0n) is 15.3. The molecule has 0 spiro atoms. The summed E-state index contributed by atoms with van der Waals surface area (Å²) in [6.45, 7) is 6.93. The van der Waals surface area contributed by atoms with Crippen LogP contribution in [0.4, 0.5) is 10.5 Å². The van der Waals surface area contributed by atoms with E-state index in [0.717, 1.165) is 10.5 Å². The number of nitrogens with two attached hydrogens (primary N) is 1. The van der Waals surface area contributed by atoms with Crippen molar-refractivity contribution in [3.8, 4) is 0 Å². The molecule has 5 nitrogen and oxygen atoms in total. The number of rotatable bonds is 6. The molecule has 138 valence electrons. The molecule has 6 heteroatoms. The number of hydrogen-bond donors (Lipinski definition) is 3. The summed E-state index contributed by atoms with van der Waals surface area (Å²) >= 11 is 1.51. The molecule has 2 aromatic carbocycles. The molecule has 2 aromatic rings. The van der Waals surface area contributed by atoms with Gasteiger partial charge in [-0.15, -0.1) is 11.8 Å². The Bertz CT molecular complexity index is 767. The third-order valence-corrected chi connectivity index (χ3v) is 4.79. The van der Waals surface area contributed by atoms with Gasteiger partial charge in [0, 0.05) is 17.1 Å². The highest BCUT2D eigenvalue weighted by atomic mass is 32.2. The van der Waals surface area contributed by atoms with Crippen LogP contribution in [-0.2, 0) is 16.8 Å². The molecule has 0 atom stereocenters. The number of anilines is 1. The van der Waals surface area contributed by atoms with Crippen molar-refractivity contribution >= 4 is 29.4 Å². The minimum absolute atomic E-state index is 0.0387. The highest BCUT2D eigenvalue weighted by molar-refractivity contribution is 8.00. The van der Waals surface area contributed by atoms with Crippen LogP contribution in [0, 0.1) is 0 Å². The van der Waals surface area contributed by atoms with E-state index in [1.807, 2.05) is 6.07 Å². The van der Waals surface area contributed by atoms with E-state index < -0.39 is 6.03 Å². The molecule has 2 rings (SSSR count). The summed E-state index contributed by atoms with van der Waals surface area (Å²) in [7, 11) is 0. The second kappa shape index (κ2) is 8.76. The molecule has 0 fully saturated rings. The van der Waals surface area contributed by atoms with Crippen molar-refractivity contribution in [1.82, 2.24) is 5.32 Å². The van der Waals surface area contributed by atoms with Crippen LogP contribution in [-0.4, -0.2) is 17.7 Å². The monoisotopic (exact) mass is 371 g/mol. The number of urea groups is 1. The van der Waals surface area contributed by atoms with E-state index >= 15 is 0 Å². The first-order chi connectivity index (χ1) is 12.2. The van der Waals surface area contributed by atoms with Crippen LogP contribution in [0.1, 0.15) is 31.9 Å². The summed E-state index contributed by atoms with van der Waals surface area (Å²) in [5.41, 5.74) is 8.00. The molecule has 0 unspecified atom stereocenters. The third-order valence-electron chi connectivity index (χ3n) is 3.77. The quantitative estimate of drug-likeness (QED) is 0.674. The van der Waals surface area contributed by atoms with Gasteiger partial charge in [0.2, 0.25) is 5.91 Å². The second-order valence-electron chi connectivity index (χ2n) is 7.03. The van der Waals surface area contributed by atoms with Crippen molar-refractivity contribution in [1.29, 1.82) is 0 Å². The van der Waals surface area contributed by atoms with E-state index in [2.05, 4.69) is 55.7 Å². The first kappa shape index (κ1) is 19.8. The fourth-order valence-corrected chi connectivity index (χ4v) is 3.08. The average Bonchev–Trinajstić information content (AvgIpc) is 2.57. The Labute approximate surface area is 158 Å². The lowest BCUT2D eigenvalue weighted by Crippen LogP contribution is -2.24. The molecular weight excluding hydrogens is 346 g/mol. The molecule has 0 aliphatic rings. The highest BCUT2D eigenvalue weighted by Gasteiger charge is 2.13. The van der Waals surface area contributed by atoms with E-state index in [1.54, 1.807) is 18.2 Å². The number of thioether (sulfide) groups is 1. The molecule has 3 amide bonds. The standard InChI is InChI=1S/C20H25N3O2S/c1-20(2,3)15-7-9-17(10-8-15)26-13-18(24)22-12-14-5-4-6-16(11-14)23-19(21)25/h4-11H,12-13H2,1-3H3,(H,22,24)(H3,21,23,25). The van der Waals surface area contributed by atoms with Gasteiger partial charge in [-0.3, -0.25) is 4.79 Å². The van der Waals surface area contributed by atoms with Crippen molar-refractivity contribution in [2.75, 3.05) is 11.1 Å². The van der Waals surface area contributed by atoms with E-state index in [0.29, 0.717) is 18.0 Å². The van der Waals surface area contributed by atoms with Crippen molar-refractivity contribution < 1.29 is 9.59 Å². The van der Waals surface area contributed by atoms with Crippen LogP contribution in [0.2, 0.25) is 0 Å². The molecule has 0 radical (unpaired) electrons. The predicted octanol–water partition coefficient (Wildman–Crippen LogP) is 3.88. The van der Waals surface area contributed by atoms with Crippen LogP contribution < -0.4 is 16.4 Å². The van der Waals surface area contributed by atoms with Gasteiger partial charge in [-0.25, -0.2) is 4.79 Å². The summed E-state index contributed by atoms with van der Waals surface area (Å²) < 4.78 is 0. The number of carbonyl (C=O) groups excluding carboxylic acids is 2. The Kier molecular flexibility index (Phi) is 6.69. The predicted molar refractivity (Wildman–Crippen MR) is 107 cm³/mol. The summed E-state index contributed by atoms with van der Waals surface area (Å²) in [5, 5.41) is 5.40. The number of amides is 3. The van der Waals surface area contributed by atoms with E-state index in [9.17, 15) is 9.59 Å². The van der Waals surface area contributed by atoms with Crippen molar-refractivity contribution in [3.05, 3.63) is 59.7 Å². The molecule has 0 aromatic heterocycles. The minimum Gasteiger partial charge on any atom is -0.351 e. The maximum Gasteiger partial charge on any atom is 0.316 e. The van der Waals surface area contributed by atoms with Crippen LogP contribution >= 0.6 is 11.8 Å². The molecule has 0 saturated carbocycles. The Hall–Kier alpha value is -2.47. The number of benzene rings is 2. The second-order valence-corrected chi connectivity index (χ2v) is 8.08. The average molecular weight is 372 g/mol. The van der Waals surface area contributed by atoms with E-state index in [1.165, 1.54) is 17.3 Å². The first-order valence-electron chi connectivity index (χ1n) is 8.39. The van der Waals surface area contributed by atoms with E-state index in [-0.39, 0.29) is 11.3 Å². The largest absolute Gasteiger partial charge is 0.351 e. The van der Waals surface area contributed by atoms with Crippen LogP contribution in [0.3, 0.4) is 0 Å². The van der Waals surface area contributed by atoms with Gasteiger partial charge in [0.1, 0.15) is 0 Å². The van der Waals surface area contributed by atoms with Gasteiger partial charge in [0.05, 0.1) is 5.75 Å². The maximum atomic E-state index is 12.1. The van der Waals surface area contributed by atoms with Gasteiger partial charge in [0.25, 0.3) is 0 Å². The Morgan fingerprint density at radius 1 is 1.08 bits per heavy atom. The Morgan fingerprint density at radius 2 is 1.77 bits per heavy atom. The summed E-state index contributed by atoms with van der Waals surface area (Å²) in [6, 6.07) is 14.9. The normalized spacial score (nSPS) is 11.0. The van der Waals surface area contributed by atoms with Crippen LogP contribution in [0.25, 0.3) is 0 Å². The molecule has 0 aliphatic carbocycles. The molecule has 0 heterocycles. The number of nitrogens with one attached hydrogen (secondary N) is 2. The zero-order chi connectivity index (χ0) is 19.2. The third kappa shape index (κ3) is 6.44. The summed E-state index contributed by atoms with van der Waals surface area (Å²) in [5.74, 6) is 0.317. The first-order valence-corrected chi connectivity index (χ1v) is 9.38. The lowest BCUT2D eigenvalue weighted by Gasteiger charge is -2.19. The lowest BCUT2D eigenvalue weighted by atomic mass is 9.87. The van der Waals surface area contributed by atoms with E-state index in [4.69, 9.17) is 5.73 Å². The van der Waals surface area contributed by atoms with Gasteiger partial charge < -0.3 is 16.4 Å². The smallest absolute Gasteiger partial charge is 0.316 e. The Morgan fingerprint density at radius 3 is 2.38 bits per heavy atom. The molecule has 0 bridgehead atoms. The van der Waals surface area contributed by atoms with Gasteiger partial charge in [-0.05, 0) is 40.8 Å². The number of carbonyl (C=O) groups is 2. The SMILES string of the molecule is CC(C)(C)c1ccc(SCC(=O)NCc2cccc(NC(N)=O)c2)cc1. The highest BCUT2D eigenvalue weighted by Crippen LogP contribution is 2.25. The van der Waals surface area contributed by atoms with Gasteiger partial charge in [0.15, 0.2) is 0 Å². The fourth-order valence-electron chi connectivity index (χ4n) is 2.35. The van der Waals surface area contributed by atoms with Gasteiger partial charge in [-0.2, -0.15) is 0 Å². The minimum atomic E-state index is -0.611. The number of hydrogen-bond acceptors (Lipinski definition) is 3. The lowest BCUT2D eigenvalue weighted by molar-refractivity contribution is -0.118. The molecule has 0 aliphatic heterocycles. The molecule has 4 N–H and O–H groups in total. The van der Waals surface area contributed by atoms with Crippen LogP contribution in [0.5, 0.6) is 0 Å². The maximum absolute atomic E-state index is 12.1. The van der Waals surface area contributed by atoms with Gasteiger partial charge in [-0.1, -0.05) is 45.0 Å². The molecule has 0 saturated heterocycles. The zero-order valence-corrected chi connectivity index (χ0v) is 16.2. The molecular formula is C20H25N3O2S. The molecule has 26 heavy (non-hydrogen) atoms. The van der Waals surface area contributed by atoms with Crippen molar-refractivity contribution in [2.45, 2.75) is 37.6 Å². The topological polar surface area (TPSA) is 84.2 Å². The number of primary amides is 1. The Balaban J connectivity index is 1.81.